The number of carbonyl (C=O) groups is 2. The number of ether oxygens (including phenoxy) is 1. The van der Waals surface area contributed by atoms with Gasteiger partial charge in [-0.15, -0.1) is 0 Å². The number of halogens is 1. The first-order valence-corrected chi connectivity index (χ1v) is 11.6. The van der Waals surface area contributed by atoms with E-state index in [0.29, 0.717) is 12.2 Å². The Hall–Kier alpha value is -2.89. The second kappa shape index (κ2) is 11.7. The van der Waals surface area contributed by atoms with Gasteiger partial charge in [0.15, 0.2) is 6.61 Å². The number of carbonyl (C=O) groups excluding carboxylic acids is 2. The molecule has 172 valence electrons. The van der Waals surface area contributed by atoms with Gasteiger partial charge in [0.1, 0.15) is 17.6 Å². The molecule has 2 aromatic carbocycles. The van der Waals surface area contributed by atoms with E-state index in [1.165, 1.54) is 17.7 Å². The summed E-state index contributed by atoms with van der Waals surface area (Å²) in [7, 11) is 0. The lowest BCUT2D eigenvalue weighted by atomic mass is 10.1. The third kappa shape index (κ3) is 6.55. The smallest absolute Gasteiger partial charge is 0.261 e. The van der Waals surface area contributed by atoms with E-state index in [0.717, 1.165) is 37.7 Å². The number of rotatable bonds is 10. The highest BCUT2D eigenvalue weighted by Gasteiger charge is 2.30. The fourth-order valence-corrected chi connectivity index (χ4v) is 4.12. The molecule has 0 aromatic heterocycles. The minimum absolute atomic E-state index is 0.137. The van der Waals surface area contributed by atoms with Crippen molar-refractivity contribution in [1.29, 1.82) is 0 Å². The molecule has 3 rings (SSSR count). The van der Waals surface area contributed by atoms with Crippen LogP contribution in [0.5, 0.6) is 5.75 Å². The van der Waals surface area contributed by atoms with Crippen LogP contribution in [-0.2, 0) is 22.6 Å². The highest BCUT2D eigenvalue weighted by Crippen LogP contribution is 2.20. The molecular weight excluding hydrogens is 407 g/mol. The first kappa shape index (κ1) is 23.8. The second-order valence-electron chi connectivity index (χ2n) is 8.35. The molecule has 1 atom stereocenters. The molecule has 0 bridgehead atoms. The first-order chi connectivity index (χ1) is 15.5. The van der Waals surface area contributed by atoms with Crippen molar-refractivity contribution in [3.8, 4) is 5.75 Å². The largest absolute Gasteiger partial charge is 0.484 e. The summed E-state index contributed by atoms with van der Waals surface area (Å²) >= 11 is 0. The van der Waals surface area contributed by atoms with E-state index < -0.39 is 6.04 Å². The van der Waals surface area contributed by atoms with E-state index in [-0.39, 0.29) is 36.8 Å². The van der Waals surface area contributed by atoms with Gasteiger partial charge in [0, 0.05) is 12.6 Å². The Morgan fingerprint density at radius 3 is 2.25 bits per heavy atom. The molecule has 1 aliphatic rings. The van der Waals surface area contributed by atoms with Crippen LogP contribution < -0.4 is 10.1 Å². The average molecular weight is 441 g/mol. The third-order valence-electron chi connectivity index (χ3n) is 6.05. The van der Waals surface area contributed by atoms with Gasteiger partial charge >= 0.3 is 0 Å². The molecule has 1 aliphatic carbocycles. The van der Waals surface area contributed by atoms with Crippen LogP contribution >= 0.6 is 0 Å². The molecule has 0 unspecified atom stereocenters. The van der Waals surface area contributed by atoms with Gasteiger partial charge in [0.2, 0.25) is 5.91 Å². The molecule has 0 aliphatic heterocycles. The summed E-state index contributed by atoms with van der Waals surface area (Å²) in [5.74, 6) is -0.137. The van der Waals surface area contributed by atoms with Crippen molar-refractivity contribution < 1.29 is 18.7 Å². The monoisotopic (exact) mass is 440 g/mol. The second-order valence-corrected chi connectivity index (χ2v) is 8.35. The van der Waals surface area contributed by atoms with E-state index in [4.69, 9.17) is 4.74 Å². The minimum atomic E-state index is -0.612. The van der Waals surface area contributed by atoms with Crippen molar-refractivity contribution in [1.82, 2.24) is 10.2 Å². The maximum absolute atomic E-state index is 13.4. The highest BCUT2D eigenvalue weighted by atomic mass is 19.1. The van der Waals surface area contributed by atoms with Crippen LogP contribution in [0.1, 0.15) is 57.1 Å². The molecule has 2 aromatic rings. The van der Waals surface area contributed by atoms with Gasteiger partial charge in [-0.2, -0.15) is 0 Å². The van der Waals surface area contributed by atoms with E-state index in [2.05, 4.69) is 12.2 Å². The van der Waals surface area contributed by atoms with E-state index in [1.807, 2.05) is 31.2 Å². The van der Waals surface area contributed by atoms with Gasteiger partial charge in [0.05, 0.1) is 0 Å². The molecule has 0 radical (unpaired) electrons. The van der Waals surface area contributed by atoms with Gasteiger partial charge < -0.3 is 15.0 Å². The van der Waals surface area contributed by atoms with Gasteiger partial charge in [-0.25, -0.2) is 4.39 Å². The Morgan fingerprint density at radius 2 is 1.66 bits per heavy atom. The van der Waals surface area contributed by atoms with Crippen LogP contribution in [0.15, 0.2) is 48.5 Å². The van der Waals surface area contributed by atoms with E-state index >= 15 is 0 Å². The number of nitrogens with zero attached hydrogens (tertiary/aromatic N) is 1. The van der Waals surface area contributed by atoms with Gasteiger partial charge in [0.25, 0.3) is 5.91 Å². The van der Waals surface area contributed by atoms with Crippen molar-refractivity contribution in [3.63, 3.8) is 0 Å². The van der Waals surface area contributed by atoms with Crippen molar-refractivity contribution in [2.24, 2.45) is 0 Å². The maximum atomic E-state index is 13.4. The Labute approximate surface area is 190 Å². The van der Waals surface area contributed by atoms with E-state index in [1.54, 1.807) is 17.0 Å². The van der Waals surface area contributed by atoms with Crippen LogP contribution in [0.2, 0.25) is 0 Å². The fourth-order valence-electron chi connectivity index (χ4n) is 4.12. The number of benzene rings is 2. The molecule has 5 nitrogen and oxygen atoms in total. The molecule has 1 saturated carbocycles. The summed E-state index contributed by atoms with van der Waals surface area (Å²) in [6.45, 7) is 4.02. The SMILES string of the molecule is CCc1ccc(OCC(=O)N(Cc2ccc(F)cc2)[C@H](CC)C(=O)NC2CCCC2)cc1. The highest BCUT2D eigenvalue weighted by molar-refractivity contribution is 5.88. The molecule has 1 fully saturated rings. The number of hydrogen-bond acceptors (Lipinski definition) is 3. The standard InChI is InChI=1S/C26H33FN2O3/c1-3-19-11-15-23(16-12-19)32-18-25(30)29(17-20-9-13-21(27)14-10-20)24(4-2)26(31)28-22-7-5-6-8-22/h9-16,22,24H,3-8,17-18H2,1-2H3,(H,28,31)/t24-/m1/s1. The van der Waals surface area contributed by atoms with Gasteiger partial charge in [-0.05, 0) is 61.1 Å². The summed E-state index contributed by atoms with van der Waals surface area (Å²) in [5.41, 5.74) is 1.95. The van der Waals surface area contributed by atoms with Gasteiger partial charge in [-0.3, -0.25) is 9.59 Å². The number of aryl methyl sites for hydroxylation is 1. The molecule has 1 N–H and O–H groups in total. The molecule has 0 spiro atoms. The fraction of sp³-hybridized carbons (Fsp3) is 0.462. The van der Waals surface area contributed by atoms with Crippen molar-refractivity contribution in [2.45, 2.75) is 71.0 Å². The molecule has 2 amide bonds. The summed E-state index contributed by atoms with van der Waals surface area (Å²) in [4.78, 5) is 27.8. The van der Waals surface area contributed by atoms with Crippen molar-refractivity contribution in [3.05, 3.63) is 65.5 Å². The zero-order chi connectivity index (χ0) is 22.9. The topological polar surface area (TPSA) is 58.6 Å². The van der Waals surface area contributed by atoms with Crippen LogP contribution in [-0.4, -0.2) is 35.4 Å². The van der Waals surface area contributed by atoms with Crippen LogP contribution in [0.3, 0.4) is 0 Å². The van der Waals surface area contributed by atoms with Gasteiger partial charge in [-0.1, -0.05) is 51.0 Å². The summed E-state index contributed by atoms with van der Waals surface area (Å²) < 4.78 is 19.1. The first-order valence-electron chi connectivity index (χ1n) is 11.6. The molecule has 0 saturated heterocycles. The normalized spacial score (nSPS) is 14.7. The zero-order valence-corrected chi connectivity index (χ0v) is 19.0. The zero-order valence-electron chi connectivity index (χ0n) is 19.0. The average Bonchev–Trinajstić information content (AvgIpc) is 3.32. The maximum Gasteiger partial charge on any atom is 0.261 e. The lowest BCUT2D eigenvalue weighted by molar-refractivity contribution is -0.143. The molecule has 32 heavy (non-hydrogen) atoms. The summed E-state index contributed by atoms with van der Waals surface area (Å²) in [6.07, 6.45) is 5.60. The predicted molar refractivity (Wildman–Crippen MR) is 123 cm³/mol. The quantitative estimate of drug-likeness (QED) is 0.586. The lowest BCUT2D eigenvalue weighted by Crippen LogP contribution is -2.52. The van der Waals surface area contributed by atoms with E-state index in [9.17, 15) is 14.0 Å². The Morgan fingerprint density at radius 1 is 1.03 bits per heavy atom. The third-order valence-corrected chi connectivity index (χ3v) is 6.05. The lowest BCUT2D eigenvalue weighted by Gasteiger charge is -2.31. The number of hydrogen-bond donors (Lipinski definition) is 1. The Kier molecular flexibility index (Phi) is 8.65. The predicted octanol–water partition coefficient (Wildman–Crippen LogP) is 4.63. The number of nitrogens with one attached hydrogen (secondary N) is 1. The minimum Gasteiger partial charge on any atom is -0.484 e. The summed E-state index contributed by atoms with van der Waals surface area (Å²) in [6, 6.07) is 13.2. The van der Waals surface area contributed by atoms with Crippen LogP contribution in [0.4, 0.5) is 4.39 Å². The number of amides is 2. The Bertz CT molecular complexity index is 877. The van der Waals surface area contributed by atoms with Crippen LogP contribution in [0, 0.1) is 5.82 Å². The van der Waals surface area contributed by atoms with Crippen molar-refractivity contribution >= 4 is 11.8 Å². The summed E-state index contributed by atoms with van der Waals surface area (Å²) in [5, 5.41) is 3.11. The van der Waals surface area contributed by atoms with Crippen molar-refractivity contribution in [2.75, 3.05) is 6.61 Å². The molecular formula is C26H33FN2O3. The molecule has 6 heteroatoms. The molecule has 0 heterocycles. The Balaban J connectivity index is 1.73. The van der Waals surface area contributed by atoms with Crippen LogP contribution in [0.25, 0.3) is 0 Å².